The number of thiol groups is 1. The summed E-state index contributed by atoms with van der Waals surface area (Å²) < 4.78 is 9.97. The summed E-state index contributed by atoms with van der Waals surface area (Å²) in [5, 5.41) is 5.21. The van der Waals surface area contributed by atoms with Crippen LogP contribution in [-0.2, 0) is 23.9 Å². The molecule has 1 saturated carbocycles. The second-order valence-electron chi connectivity index (χ2n) is 9.77. The van der Waals surface area contributed by atoms with Crippen molar-refractivity contribution in [3.8, 4) is 0 Å². The molecule has 0 radical (unpaired) electrons. The fraction of sp³-hybridized carbons (Fsp3) is 0.600. The third kappa shape index (κ3) is 7.88. The van der Waals surface area contributed by atoms with Gasteiger partial charge in [-0.15, -0.1) is 0 Å². The molecular weight excluding hydrogens is 470 g/mol. The minimum atomic E-state index is -1.00. The summed E-state index contributed by atoms with van der Waals surface area (Å²) in [4.78, 5) is 53.0. The number of nitrogens with one attached hydrogen (secondary N) is 2. The van der Waals surface area contributed by atoms with Gasteiger partial charge in [0.05, 0.1) is 7.11 Å². The molecule has 1 aromatic carbocycles. The van der Waals surface area contributed by atoms with Crippen LogP contribution >= 0.6 is 12.6 Å². The van der Waals surface area contributed by atoms with Gasteiger partial charge in [0.2, 0.25) is 11.8 Å². The van der Waals surface area contributed by atoms with E-state index in [2.05, 4.69) is 28.0 Å². The predicted octanol–water partition coefficient (Wildman–Crippen LogP) is 2.84. The second-order valence-corrected chi connectivity index (χ2v) is 10.1. The molecule has 0 heterocycles. The molecule has 2 unspecified atom stereocenters. The van der Waals surface area contributed by atoms with Crippen LogP contribution in [0.1, 0.15) is 62.8 Å². The standard InChI is InChI=1S/C25H37N3O6S/c1-15-10-11-16(2)18(12-15)21(22(30)26-13-20(29)33-6)28(17-8-7-9-17)23(31)19(14-35)27-24(32)34-25(3,4)5/h10-12,17,19,21,35H,7-9,13-14H2,1-6H3,(H,26,30)(H,27,32). The topological polar surface area (TPSA) is 114 Å². The predicted molar refractivity (Wildman–Crippen MR) is 135 cm³/mol. The van der Waals surface area contributed by atoms with Gasteiger partial charge in [0.25, 0.3) is 0 Å². The number of alkyl carbamates (subject to hydrolysis) is 1. The number of esters is 1. The van der Waals surface area contributed by atoms with Gasteiger partial charge in [0.15, 0.2) is 0 Å². The lowest BCUT2D eigenvalue weighted by Crippen LogP contribution is -2.58. The number of hydrogen-bond donors (Lipinski definition) is 3. The molecule has 10 heteroatoms. The van der Waals surface area contributed by atoms with Gasteiger partial charge >= 0.3 is 12.1 Å². The number of aryl methyl sites for hydroxylation is 2. The third-order valence-electron chi connectivity index (χ3n) is 5.78. The number of benzene rings is 1. The van der Waals surface area contributed by atoms with Gasteiger partial charge in [-0.25, -0.2) is 4.79 Å². The monoisotopic (exact) mass is 507 g/mol. The quantitative estimate of drug-likeness (QED) is 0.350. The van der Waals surface area contributed by atoms with Crippen molar-refractivity contribution in [3.63, 3.8) is 0 Å². The molecule has 1 fully saturated rings. The number of carbonyl (C=O) groups is 4. The summed E-state index contributed by atoms with van der Waals surface area (Å²) in [5.41, 5.74) is 1.67. The molecule has 1 aromatic rings. The van der Waals surface area contributed by atoms with Crippen molar-refractivity contribution in [1.29, 1.82) is 0 Å². The molecule has 1 aliphatic rings. The molecule has 0 bridgehead atoms. The number of carbonyl (C=O) groups excluding carboxylic acids is 4. The van der Waals surface area contributed by atoms with Gasteiger partial charge in [0, 0.05) is 11.8 Å². The summed E-state index contributed by atoms with van der Waals surface area (Å²) in [6, 6.07) is 3.49. The van der Waals surface area contributed by atoms with E-state index in [1.165, 1.54) is 12.0 Å². The van der Waals surface area contributed by atoms with E-state index in [-0.39, 0.29) is 18.3 Å². The van der Waals surface area contributed by atoms with Crippen molar-refractivity contribution < 1.29 is 28.7 Å². The van der Waals surface area contributed by atoms with E-state index in [1.54, 1.807) is 20.8 Å². The van der Waals surface area contributed by atoms with Crippen molar-refractivity contribution in [2.75, 3.05) is 19.4 Å². The molecule has 9 nitrogen and oxygen atoms in total. The van der Waals surface area contributed by atoms with Crippen LogP contribution < -0.4 is 10.6 Å². The minimum Gasteiger partial charge on any atom is -0.468 e. The van der Waals surface area contributed by atoms with Crippen LogP contribution in [-0.4, -0.2) is 65.9 Å². The fourth-order valence-corrected chi connectivity index (χ4v) is 4.05. The number of rotatable bonds is 9. The maximum atomic E-state index is 13.9. The van der Waals surface area contributed by atoms with Crippen molar-refractivity contribution in [1.82, 2.24) is 15.5 Å². The Labute approximate surface area is 212 Å². The molecule has 0 saturated heterocycles. The van der Waals surface area contributed by atoms with Crippen LogP contribution in [0.25, 0.3) is 0 Å². The lowest BCUT2D eigenvalue weighted by Gasteiger charge is -2.43. The molecule has 3 amide bonds. The lowest BCUT2D eigenvalue weighted by molar-refractivity contribution is -0.148. The Bertz CT molecular complexity index is 942. The Morgan fingerprint density at radius 3 is 2.34 bits per heavy atom. The van der Waals surface area contributed by atoms with Crippen molar-refractivity contribution in [2.45, 2.75) is 77.6 Å². The number of amides is 3. The van der Waals surface area contributed by atoms with Crippen LogP contribution in [0.5, 0.6) is 0 Å². The maximum Gasteiger partial charge on any atom is 0.408 e. The number of nitrogens with zero attached hydrogens (tertiary/aromatic N) is 1. The SMILES string of the molecule is COC(=O)CNC(=O)C(c1cc(C)ccc1C)N(C(=O)C(CS)NC(=O)OC(C)(C)C)C1CCC1. The highest BCUT2D eigenvalue weighted by Crippen LogP contribution is 2.35. The number of ether oxygens (including phenoxy) is 2. The van der Waals surface area contributed by atoms with Crippen molar-refractivity contribution in [3.05, 3.63) is 34.9 Å². The van der Waals surface area contributed by atoms with E-state index < -0.39 is 41.6 Å². The second kappa shape index (κ2) is 12.3. The Hall–Kier alpha value is -2.75. The smallest absolute Gasteiger partial charge is 0.408 e. The molecule has 194 valence electrons. The summed E-state index contributed by atoms with van der Waals surface area (Å²) in [7, 11) is 1.24. The summed E-state index contributed by atoms with van der Waals surface area (Å²) in [6.45, 7) is 8.64. The Morgan fingerprint density at radius 2 is 1.83 bits per heavy atom. The Kier molecular flexibility index (Phi) is 10.00. The zero-order chi connectivity index (χ0) is 26.3. The van der Waals surface area contributed by atoms with Crippen LogP contribution in [0.15, 0.2) is 18.2 Å². The Morgan fingerprint density at radius 1 is 1.17 bits per heavy atom. The Balaban J connectivity index is 2.46. The average Bonchev–Trinajstić information content (AvgIpc) is 2.74. The molecule has 1 aliphatic carbocycles. The number of methoxy groups -OCH3 is 1. The van der Waals surface area contributed by atoms with Crippen molar-refractivity contribution >= 4 is 36.5 Å². The average molecular weight is 508 g/mol. The lowest BCUT2D eigenvalue weighted by atomic mass is 9.87. The van der Waals surface area contributed by atoms with E-state index >= 15 is 0 Å². The van der Waals surface area contributed by atoms with Crippen LogP contribution in [0.2, 0.25) is 0 Å². The highest BCUT2D eigenvalue weighted by Gasteiger charge is 2.42. The van der Waals surface area contributed by atoms with Gasteiger partial charge in [-0.2, -0.15) is 12.6 Å². The highest BCUT2D eigenvalue weighted by atomic mass is 32.1. The van der Waals surface area contributed by atoms with E-state index in [0.717, 1.165) is 30.4 Å². The number of hydrogen-bond acceptors (Lipinski definition) is 7. The first kappa shape index (κ1) is 28.5. The first-order chi connectivity index (χ1) is 16.4. The van der Waals surface area contributed by atoms with Crippen LogP contribution in [0.4, 0.5) is 4.79 Å². The fourth-order valence-electron chi connectivity index (χ4n) is 3.80. The van der Waals surface area contributed by atoms with E-state index in [0.29, 0.717) is 5.56 Å². The highest BCUT2D eigenvalue weighted by molar-refractivity contribution is 7.80. The van der Waals surface area contributed by atoms with Gasteiger partial charge in [-0.3, -0.25) is 14.4 Å². The van der Waals surface area contributed by atoms with E-state index in [4.69, 9.17) is 4.74 Å². The molecule has 2 atom stereocenters. The molecular formula is C25H37N3O6S. The van der Waals surface area contributed by atoms with Gasteiger partial charge in [-0.1, -0.05) is 23.8 Å². The summed E-state index contributed by atoms with van der Waals surface area (Å²) in [5.74, 6) is -1.52. The zero-order valence-corrected chi connectivity index (χ0v) is 22.2. The van der Waals surface area contributed by atoms with Gasteiger partial charge in [0.1, 0.15) is 24.2 Å². The van der Waals surface area contributed by atoms with Crippen LogP contribution in [0.3, 0.4) is 0 Å². The van der Waals surface area contributed by atoms with E-state index in [9.17, 15) is 19.2 Å². The summed E-state index contributed by atoms with van der Waals surface area (Å²) in [6.07, 6.45) is 1.63. The largest absolute Gasteiger partial charge is 0.468 e. The first-order valence-electron chi connectivity index (χ1n) is 11.7. The minimum absolute atomic E-state index is 0.0184. The molecule has 2 N–H and O–H groups in total. The van der Waals surface area contributed by atoms with Crippen LogP contribution in [0, 0.1) is 13.8 Å². The van der Waals surface area contributed by atoms with Gasteiger partial charge in [-0.05, 0) is 65.0 Å². The molecule has 0 aromatic heterocycles. The zero-order valence-electron chi connectivity index (χ0n) is 21.3. The molecule has 35 heavy (non-hydrogen) atoms. The first-order valence-corrected chi connectivity index (χ1v) is 12.4. The maximum absolute atomic E-state index is 13.9. The normalized spacial score (nSPS) is 15.3. The molecule has 2 rings (SSSR count). The molecule has 0 spiro atoms. The van der Waals surface area contributed by atoms with Gasteiger partial charge < -0.3 is 25.0 Å². The molecule has 0 aliphatic heterocycles. The van der Waals surface area contributed by atoms with E-state index in [1.807, 2.05) is 32.0 Å². The summed E-state index contributed by atoms with van der Waals surface area (Å²) >= 11 is 4.30. The third-order valence-corrected chi connectivity index (χ3v) is 6.15. The van der Waals surface area contributed by atoms with Crippen molar-refractivity contribution in [2.24, 2.45) is 0 Å².